The third kappa shape index (κ3) is 4.74. The molecule has 8 heteroatoms. The van der Waals surface area contributed by atoms with Crippen molar-refractivity contribution in [2.75, 3.05) is 40.2 Å². The number of allylic oxidation sites excluding steroid dienone is 3. The van der Waals surface area contributed by atoms with Gasteiger partial charge in [0.05, 0.1) is 25.6 Å². The fourth-order valence-electron chi connectivity index (χ4n) is 4.35. The third-order valence-electron chi connectivity index (χ3n) is 6.09. The summed E-state index contributed by atoms with van der Waals surface area (Å²) in [5.74, 6) is 2.12. The predicted octanol–water partition coefficient (Wildman–Crippen LogP) is 4.72. The summed E-state index contributed by atoms with van der Waals surface area (Å²) in [6, 6.07) is 7.97. The van der Waals surface area contributed by atoms with Crippen LogP contribution in [0.3, 0.4) is 0 Å². The largest absolute Gasteiger partial charge is 0.493 e. The Bertz CT molecular complexity index is 1310. The molecule has 7 nitrogen and oxygen atoms in total. The van der Waals surface area contributed by atoms with E-state index in [9.17, 15) is 4.79 Å². The van der Waals surface area contributed by atoms with E-state index in [0.29, 0.717) is 34.0 Å². The number of thiophene rings is 1. The van der Waals surface area contributed by atoms with Crippen molar-refractivity contribution in [2.45, 2.75) is 25.3 Å². The first kappa shape index (κ1) is 24.0. The van der Waals surface area contributed by atoms with Crippen LogP contribution in [0.2, 0.25) is 0 Å². The van der Waals surface area contributed by atoms with Gasteiger partial charge in [-0.15, -0.1) is 11.3 Å². The van der Waals surface area contributed by atoms with Gasteiger partial charge in [0, 0.05) is 34.7 Å². The number of ether oxygens (including phenoxy) is 2. The molecular weight excluding hydrogens is 448 g/mol. The van der Waals surface area contributed by atoms with E-state index in [-0.39, 0.29) is 11.6 Å². The Kier molecular flexibility index (Phi) is 7.09. The topological polar surface area (TPSA) is 68.6 Å². The molecule has 0 saturated carbocycles. The number of nitrogens with zero attached hydrogens (tertiary/aromatic N) is 3. The van der Waals surface area contributed by atoms with Gasteiger partial charge >= 0.3 is 0 Å². The lowest BCUT2D eigenvalue weighted by atomic mass is 9.90. The van der Waals surface area contributed by atoms with Gasteiger partial charge in [0.15, 0.2) is 17.3 Å². The molecule has 0 spiro atoms. The number of rotatable bonds is 8. The number of aromatic nitrogens is 2. The number of hydrogen-bond acceptors (Lipinski definition) is 7. The quantitative estimate of drug-likeness (QED) is 0.503. The fourth-order valence-corrected chi connectivity index (χ4v) is 5.52. The third-order valence-corrected chi connectivity index (χ3v) is 7.47. The number of hydrogen-bond donors (Lipinski definition) is 1. The molecule has 1 N–H and O–H groups in total. The second-order valence-electron chi connectivity index (χ2n) is 8.83. The molecule has 34 heavy (non-hydrogen) atoms. The molecule has 1 aliphatic rings. The zero-order chi connectivity index (χ0) is 24.4. The predicted molar refractivity (Wildman–Crippen MR) is 140 cm³/mol. The van der Waals surface area contributed by atoms with E-state index in [1.54, 1.807) is 27.3 Å². The van der Waals surface area contributed by atoms with Crippen LogP contribution < -0.4 is 20.3 Å². The second kappa shape index (κ2) is 10.0. The summed E-state index contributed by atoms with van der Waals surface area (Å²) < 4.78 is 12.2. The SMILES string of the molecule is COc1cc2c(NC(C)c3ccc(C4CC=CC=C4CN(C)C)s3)nn(C)c(=O)c2cc1OC. The maximum atomic E-state index is 12.8. The average Bonchev–Trinajstić information content (AvgIpc) is 3.31. The van der Waals surface area contributed by atoms with Crippen LogP contribution in [0.5, 0.6) is 11.5 Å². The van der Waals surface area contributed by atoms with Crippen molar-refractivity contribution < 1.29 is 9.47 Å². The highest BCUT2D eigenvalue weighted by molar-refractivity contribution is 7.12. The highest BCUT2D eigenvalue weighted by atomic mass is 32.1. The molecule has 1 aliphatic carbocycles. The Labute approximate surface area is 204 Å². The monoisotopic (exact) mass is 480 g/mol. The highest BCUT2D eigenvalue weighted by Crippen LogP contribution is 2.39. The summed E-state index contributed by atoms with van der Waals surface area (Å²) >= 11 is 1.83. The molecule has 2 aromatic heterocycles. The van der Waals surface area contributed by atoms with E-state index in [4.69, 9.17) is 9.47 Å². The summed E-state index contributed by atoms with van der Waals surface area (Å²) in [5.41, 5.74) is 1.26. The Morgan fingerprint density at radius 1 is 1.21 bits per heavy atom. The molecule has 2 heterocycles. The van der Waals surface area contributed by atoms with Gasteiger partial charge in [-0.3, -0.25) is 4.79 Å². The van der Waals surface area contributed by atoms with E-state index >= 15 is 0 Å². The van der Waals surface area contributed by atoms with Crippen molar-refractivity contribution in [2.24, 2.45) is 7.05 Å². The second-order valence-corrected chi connectivity index (χ2v) is 9.98. The molecule has 0 saturated heterocycles. The standard InChI is InChI=1S/C26H32N4O3S/c1-16(23-11-12-24(34-23)18-10-8-7-9-17(18)15-29(2)3)27-25-19-13-21(32-5)22(33-6)14-20(19)26(31)30(4)28-25/h7-9,11-14,16,18H,10,15H2,1-6H3,(H,27,28). The first-order chi connectivity index (χ1) is 16.3. The molecule has 3 aromatic rings. The first-order valence-corrected chi connectivity index (χ1v) is 12.1. The minimum absolute atomic E-state index is 0.0143. The van der Waals surface area contributed by atoms with Crippen LogP contribution in [-0.2, 0) is 7.05 Å². The smallest absolute Gasteiger partial charge is 0.274 e. The summed E-state index contributed by atoms with van der Waals surface area (Å²) in [4.78, 5) is 17.6. The van der Waals surface area contributed by atoms with E-state index in [1.807, 2.05) is 17.4 Å². The molecule has 1 aromatic carbocycles. The van der Waals surface area contributed by atoms with Crippen molar-refractivity contribution in [3.63, 3.8) is 0 Å². The Morgan fingerprint density at radius 2 is 1.91 bits per heavy atom. The van der Waals surface area contributed by atoms with Crippen LogP contribution in [0.1, 0.15) is 35.1 Å². The summed E-state index contributed by atoms with van der Waals surface area (Å²) in [7, 11) is 9.02. The van der Waals surface area contributed by atoms with E-state index in [1.165, 1.54) is 20.0 Å². The van der Waals surface area contributed by atoms with Crippen LogP contribution in [-0.4, -0.2) is 49.5 Å². The van der Waals surface area contributed by atoms with Gasteiger partial charge in [0.25, 0.3) is 5.56 Å². The molecule has 2 unspecified atom stereocenters. The van der Waals surface area contributed by atoms with Crippen LogP contribution in [0.4, 0.5) is 5.82 Å². The van der Waals surface area contributed by atoms with Gasteiger partial charge < -0.3 is 19.7 Å². The lowest BCUT2D eigenvalue weighted by Gasteiger charge is -2.23. The lowest BCUT2D eigenvalue weighted by Crippen LogP contribution is -2.22. The zero-order valence-electron chi connectivity index (χ0n) is 20.6. The summed E-state index contributed by atoms with van der Waals surface area (Å²) in [6.07, 6.45) is 7.67. The number of likely N-dealkylation sites (N-methyl/N-ethyl adjacent to an activating group) is 1. The molecule has 0 radical (unpaired) electrons. The molecule has 180 valence electrons. The molecule has 4 rings (SSSR count). The van der Waals surface area contributed by atoms with Gasteiger partial charge in [-0.05, 0) is 57.3 Å². The van der Waals surface area contributed by atoms with E-state index in [2.05, 4.69) is 66.7 Å². The van der Waals surface area contributed by atoms with Gasteiger partial charge in [-0.25, -0.2) is 4.68 Å². The summed E-state index contributed by atoms with van der Waals surface area (Å²) in [5, 5.41) is 9.28. The van der Waals surface area contributed by atoms with E-state index in [0.717, 1.165) is 13.0 Å². The number of benzene rings is 1. The Morgan fingerprint density at radius 3 is 2.59 bits per heavy atom. The van der Waals surface area contributed by atoms with Crippen molar-refractivity contribution >= 4 is 27.9 Å². The van der Waals surface area contributed by atoms with Gasteiger partial charge in [-0.2, -0.15) is 5.10 Å². The van der Waals surface area contributed by atoms with Crippen LogP contribution in [0.15, 0.2) is 52.9 Å². The van der Waals surface area contributed by atoms with Crippen molar-refractivity contribution in [3.05, 3.63) is 68.2 Å². The molecule has 0 aliphatic heterocycles. The molecule has 0 bridgehead atoms. The normalized spacial score (nSPS) is 16.6. The van der Waals surface area contributed by atoms with Gasteiger partial charge in [0.1, 0.15) is 0 Å². The van der Waals surface area contributed by atoms with E-state index < -0.39 is 0 Å². The number of nitrogens with one attached hydrogen (secondary N) is 1. The van der Waals surface area contributed by atoms with Crippen molar-refractivity contribution in [3.8, 4) is 11.5 Å². The maximum absolute atomic E-state index is 12.8. The van der Waals surface area contributed by atoms with Crippen LogP contribution >= 0.6 is 11.3 Å². The van der Waals surface area contributed by atoms with Crippen LogP contribution in [0.25, 0.3) is 10.8 Å². The fraction of sp³-hybridized carbons (Fsp3) is 0.385. The molecule has 0 fully saturated rings. The lowest BCUT2D eigenvalue weighted by molar-refractivity contribution is 0.356. The maximum Gasteiger partial charge on any atom is 0.274 e. The average molecular weight is 481 g/mol. The van der Waals surface area contributed by atoms with Gasteiger partial charge in [0.2, 0.25) is 0 Å². The minimum Gasteiger partial charge on any atom is -0.493 e. The summed E-state index contributed by atoms with van der Waals surface area (Å²) in [6.45, 7) is 3.07. The number of aryl methyl sites for hydroxylation is 1. The molecule has 0 amide bonds. The van der Waals surface area contributed by atoms with Gasteiger partial charge in [-0.1, -0.05) is 18.2 Å². The van der Waals surface area contributed by atoms with Crippen molar-refractivity contribution in [1.29, 1.82) is 0 Å². The number of methoxy groups -OCH3 is 2. The Balaban J connectivity index is 1.64. The van der Waals surface area contributed by atoms with Crippen molar-refractivity contribution in [1.82, 2.24) is 14.7 Å². The van der Waals surface area contributed by atoms with Crippen LogP contribution in [0, 0.1) is 0 Å². The molecular formula is C26H32N4O3S. The number of anilines is 1. The Hall–Kier alpha value is -3.10. The number of fused-ring (bicyclic) bond motifs is 1. The zero-order valence-corrected chi connectivity index (χ0v) is 21.4. The first-order valence-electron chi connectivity index (χ1n) is 11.3. The minimum atomic E-state index is -0.182. The molecule has 2 atom stereocenters. The highest BCUT2D eigenvalue weighted by Gasteiger charge is 2.22.